The van der Waals surface area contributed by atoms with Gasteiger partial charge in [-0.15, -0.1) is 0 Å². The van der Waals surface area contributed by atoms with Gasteiger partial charge in [-0.05, 0) is 41.5 Å². The Morgan fingerprint density at radius 3 is 2.70 bits per heavy atom. The van der Waals surface area contributed by atoms with Gasteiger partial charge < -0.3 is 10.1 Å². The molecule has 23 heavy (non-hydrogen) atoms. The number of nitrogens with zero attached hydrogens (tertiary/aromatic N) is 1. The normalized spacial score (nSPS) is 11.7. The number of ether oxygens (including phenoxy) is 1. The maximum Gasteiger partial charge on any atom is 0.245 e. The van der Waals surface area contributed by atoms with E-state index in [1.54, 1.807) is 25.3 Å². The third-order valence-electron chi connectivity index (χ3n) is 3.14. The summed E-state index contributed by atoms with van der Waals surface area (Å²) in [5.41, 5.74) is 1.33. The van der Waals surface area contributed by atoms with Gasteiger partial charge in [-0.25, -0.2) is 4.39 Å². The zero-order valence-electron chi connectivity index (χ0n) is 12.5. The van der Waals surface area contributed by atoms with Crippen molar-refractivity contribution >= 4 is 12.0 Å². The largest absolute Gasteiger partial charge is 0.497 e. The number of rotatable bonds is 5. The number of nitrogens with one attached hydrogen (secondary N) is 1. The van der Waals surface area contributed by atoms with Crippen LogP contribution in [0.4, 0.5) is 4.39 Å². The number of hydrogen-bond acceptors (Lipinski definition) is 3. The molecule has 116 valence electrons. The van der Waals surface area contributed by atoms with Crippen LogP contribution in [0.5, 0.6) is 5.75 Å². The zero-order chi connectivity index (χ0) is 16.7. The van der Waals surface area contributed by atoms with Crippen molar-refractivity contribution in [1.29, 1.82) is 5.26 Å². The minimum Gasteiger partial charge on any atom is -0.497 e. The first-order chi connectivity index (χ1) is 11.1. The standard InChI is InChI=1S/C18H15FN2O2/c1-23-16-4-2-3-13(11-16)5-10-18(22)21-17(12-20)14-6-8-15(19)9-7-14/h2-11,17H,1H3,(H,21,22)/b10-5+/t17-/m0/s1. The van der Waals surface area contributed by atoms with E-state index in [0.717, 1.165) is 5.56 Å². The Bertz CT molecular complexity index is 748. The lowest BCUT2D eigenvalue weighted by atomic mass is 10.1. The molecule has 1 atom stereocenters. The second kappa shape index (κ2) is 7.76. The molecule has 4 nitrogen and oxygen atoms in total. The summed E-state index contributed by atoms with van der Waals surface area (Å²) < 4.78 is 18.0. The van der Waals surface area contributed by atoms with Crippen LogP contribution in [0.1, 0.15) is 17.2 Å². The van der Waals surface area contributed by atoms with E-state index >= 15 is 0 Å². The zero-order valence-corrected chi connectivity index (χ0v) is 12.5. The van der Waals surface area contributed by atoms with E-state index in [1.165, 1.54) is 30.3 Å². The highest BCUT2D eigenvalue weighted by Gasteiger charge is 2.12. The predicted octanol–water partition coefficient (Wildman–Crippen LogP) is 3.23. The summed E-state index contributed by atoms with van der Waals surface area (Å²) in [6.45, 7) is 0. The molecule has 0 fully saturated rings. The number of nitriles is 1. The van der Waals surface area contributed by atoms with Crippen LogP contribution in [-0.4, -0.2) is 13.0 Å². The Morgan fingerprint density at radius 1 is 1.30 bits per heavy atom. The van der Waals surface area contributed by atoms with Gasteiger partial charge in [0.2, 0.25) is 5.91 Å². The lowest BCUT2D eigenvalue weighted by Crippen LogP contribution is -2.25. The van der Waals surface area contributed by atoms with Crippen LogP contribution >= 0.6 is 0 Å². The molecule has 2 rings (SSSR count). The number of carbonyl (C=O) groups is 1. The fourth-order valence-electron chi connectivity index (χ4n) is 1.95. The van der Waals surface area contributed by atoms with Gasteiger partial charge in [-0.3, -0.25) is 4.79 Å². The van der Waals surface area contributed by atoms with Crippen LogP contribution in [-0.2, 0) is 4.79 Å². The Balaban J connectivity index is 2.03. The Morgan fingerprint density at radius 2 is 2.04 bits per heavy atom. The van der Waals surface area contributed by atoms with Crippen molar-refractivity contribution < 1.29 is 13.9 Å². The highest BCUT2D eigenvalue weighted by molar-refractivity contribution is 5.92. The van der Waals surface area contributed by atoms with Crippen LogP contribution in [0.15, 0.2) is 54.6 Å². The lowest BCUT2D eigenvalue weighted by molar-refractivity contribution is -0.116. The average Bonchev–Trinajstić information content (AvgIpc) is 2.59. The molecule has 0 aliphatic carbocycles. The molecule has 2 aromatic rings. The molecule has 0 aromatic heterocycles. The minimum atomic E-state index is -0.835. The number of hydrogen-bond donors (Lipinski definition) is 1. The molecule has 0 radical (unpaired) electrons. The molecule has 0 saturated carbocycles. The first-order valence-electron chi connectivity index (χ1n) is 6.90. The molecule has 0 unspecified atom stereocenters. The van der Waals surface area contributed by atoms with Gasteiger partial charge in [0.15, 0.2) is 0 Å². The topological polar surface area (TPSA) is 62.1 Å². The Kier molecular flexibility index (Phi) is 5.48. The maximum absolute atomic E-state index is 12.9. The monoisotopic (exact) mass is 310 g/mol. The van der Waals surface area contributed by atoms with Crippen molar-refractivity contribution in [2.75, 3.05) is 7.11 Å². The van der Waals surface area contributed by atoms with Crippen molar-refractivity contribution in [1.82, 2.24) is 5.32 Å². The van der Waals surface area contributed by atoms with Gasteiger partial charge in [0, 0.05) is 6.08 Å². The average molecular weight is 310 g/mol. The lowest BCUT2D eigenvalue weighted by Gasteiger charge is -2.10. The molecule has 2 aromatic carbocycles. The van der Waals surface area contributed by atoms with Crippen molar-refractivity contribution in [2.45, 2.75) is 6.04 Å². The van der Waals surface area contributed by atoms with Crippen LogP contribution in [0, 0.1) is 17.1 Å². The van der Waals surface area contributed by atoms with Crippen molar-refractivity contribution in [3.8, 4) is 11.8 Å². The van der Waals surface area contributed by atoms with Crippen molar-refractivity contribution in [2.24, 2.45) is 0 Å². The number of benzene rings is 2. The van der Waals surface area contributed by atoms with Gasteiger partial charge in [0.05, 0.1) is 13.2 Å². The van der Waals surface area contributed by atoms with Crippen LogP contribution in [0.25, 0.3) is 6.08 Å². The molecule has 0 aliphatic rings. The highest BCUT2D eigenvalue weighted by Crippen LogP contribution is 2.15. The van der Waals surface area contributed by atoms with Crippen molar-refractivity contribution in [3.63, 3.8) is 0 Å². The summed E-state index contributed by atoms with van der Waals surface area (Å²) in [5, 5.41) is 11.7. The molecule has 5 heteroatoms. The van der Waals surface area contributed by atoms with E-state index in [0.29, 0.717) is 11.3 Å². The fourth-order valence-corrected chi connectivity index (χ4v) is 1.95. The highest BCUT2D eigenvalue weighted by atomic mass is 19.1. The van der Waals surface area contributed by atoms with Crippen LogP contribution in [0.2, 0.25) is 0 Å². The second-order valence-electron chi connectivity index (χ2n) is 4.73. The van der Waals surface area contributed by atoms with E-state index < -0.39 is 17.8 Å². The summed E-state index contributed by atoms with van der Waals surface area (Å²) in [4.78, 5) is 11.9. The first-order valence-corrected chi connectivity index (χ1v) is 6.90. The SMILES string of the molecule is COc1cccc(/C=C/C(=O)N[C@@H](C#N)c2ccc(F)cc2)c1. The van der Waals surface area contributed by atoms with E-state index in [4.69, 9.17) is 10.00 Å². The predicted molar refractivity (Wildman–Crippen MR) is 84.9 cm³/mol. The van der Waals surface area contributed by atoms with Crippen molar-refractivity contribution in [3.05, 3.63) is 71.6 Å². The minimum absolute atomic E-state index is 0.394. The van der Waals surface area contributed by atoms with Gasteiger partial charge in [0.1, 0.15) is 17.6 Å². The molecular formula is C18H15FN2O2. The van der Waals surface area contributed by atoms with Crippen LogP contribution < -0.4 is 10.1 Å². The van der Waals surface area contributed by atoms with E-state index in [-0.39, 0.29) is 0 Å². The van der Waals surface area contributed by atoms with Gasteiger partial charge in [-0.2, -0.15) is 5.26 Å². The molecule has 1 N–H and O–H groups in total. The van der Waals surface area contributed by atoms with Gasteiger partial charge in [-0.1, -0.05) is 24.3 Å². The molecule has 0 heterocycles. The molecule has 0 aliphatic heterocycles. The Hall–Kier alpha value is -3.13. The van der Waals surface area contributed by atoms with Gasteiger partial charge >= 0.3 is 0 Å². The molecule has 0 saturated heterocycles. The number of amides is 1. The third-order valence-corrected chi connectivity index (χ3v) is 3.14. The summed E-state index contributed by atoms with van der Waals surface area (Å²) in [7, 11) is 1.57. The van der Waals surface area contributed by atoms with E-state index in [9.17, 15) is 9.18 Å². The quantitative estimate of drug-likeness (QED) is 0.862. The van der Waals surface area contributed by atoms with E-state index in [1.807, 2.05) is 18.2 Å². The fraction of sp³-hybridized carbons (Fsp3) is 0.111. The molecule has 1 amide bonds. The summed E-state index contributed by atoms with van der Waals surface area (Å²) in [6, 6.07) is 13.8. The van der Waals surface area contributed by atoms with Crippen LogP contribution in [0.3, 0.4) is 0 Å². The number of halogens is 1. The number of carbonyl (C=O) groups excluding carboxylic acids is 1. The molecular weight excluding hydrogens is 295 g/mol. The summed E-state index contributed by atoms with van der Waals surface area (Å²) in [5.74, 6) is -0.118. The molecule has 0 bridgehead atoms. The number of methoxy groups -OCH3 is 1. The second-order valence-corrected chi connectivity index (χ2v) is 4.73. The maximum atomic E-state index is 12.9. The smallest absolute Gasteiger partial charge is 0.245 e. The first kappa shape index (κ1) is 16.2. The third kappa shape index (κ3) is 4.68. The van der Waals surface area contributed by atoms with Gasteiger partial charge in [0.25, 0.3) is 0 Å². The van der Waals surface area contributed by atoms with E-state index in [2.05, 4.69) is 5.32 Å². The summed E-state index contributed by atoms with van der Waals surface area (Å²) in [6.07, 6.45) is 2.96. The Labute approximate surface area is 133 Å². The molecule has 0 spiro atoms. The summed E-state index contributed by atoms with van der Waals surface area (Å²) >= 11 is 0.